The first kappa shape index (κ1) is 14.6. The largest absolute Gasteiger partial charge is 0.334 e. The van der Waals surface area contributed by atoms with Gasteiger partial charge in [-0.3, -0.25) is 20.0 Å². The van der Waals surface area contributed by atoms with E-state index in [1.54, 1.807) is 20.9 Å². The Balaban J connectivity index is 2.15. The molecule has 0 aliphatic rings. The second kappa shape index (κ2) is 5.70. The maximum atomic E-state index is 12.3. The van der Waals surface area contributed by atoms with Crippen molar-refractivity contribution in [3.63, 3.8) is 0 Å². The number of carbonyl (C=O) groups is 1. The van der Waals surface area contributed by atoms with Gasteiger partial charge in [0, 0.05) is 24.2 Å². The van der Waals surface area contributed by atoms with E-state index in [1.165, 1.54) is 23.1 Å². The predicted molar refractivity (Wildman–Crippen MR) is 74.8 cm³/mol. The van der Waals surface area contributed by atoms with Crippen LogP contribution >= 0.6 is 0 Å². The standard InChI is InChI=1S/C13H15N5O3/c1-8-6-10(4-5-11(8)18(20)21)13(19)17(3)7-12-14-9(2)15-16-12/h4-6H,7H2,1-3H3,(H,14,15,16). The average Bonchev–Trinajstić information content (AvgIpc) is 2.82. The lowest BCUT2D eigenvalue weighted by molar-refractivity contribution is -0.385. The van der Waals surface area contributed by atoms with Crippen molar-refractivity contribution < 1.29 is 9.72 Å². The number of aryl methyl sites for hydroxylation is 2. The summed E-state index contributed by atoms with van der Waals surface area (Å²) in [6, 6.07) is 4.31. The molecule has 0 spiro atoms. The molecule has 0 fully saturated rings. The zero-order chi connectivity index (χ0) is 15.6. The van der Waals surface area contributed by atoms with Gasteiger partial charge >= 0.3 is 0 Å². The number of nitro benzene ring substituents is 1. The lowest BCUT2D eigenvalue weighted by Gasteiger charge is -2.15. The number of H-pyrrole nitrogens is 1. The number of nitrogens with zero attached hydrogens (tertiary/aromatic N) is 4. The third-order valence-electron chi connectivity index (χ3n) is 3.01. The maximum absolute atomic E-state index is 12.3. The van der Waals surface area contributed by atoms with Crippen LogP contribution in [0.1, 0.15) is 27.6 Å². The summed E-state index contributed by atoms with van der Waals surface area (Å²) < 4.78 is 0. The van der Waals surface area contributed by atoms with Crippen LogP contribution in [0.15, 0.2) is 18.2 Å². The number of amides is 1. The Bertz CT molecular complexity index is 695. The Morgan fingerprint density at radius 2 is 2.14 bits per heavy atom. The van der Waals surface area contributed by atoms with Crippen molar-refractivity contribution in [3.8, 4) is 0 Å². The fraction of sp³-hybridized carbons (Fsp3) is 0.308. The van der Waals surface area contributed by atoms with E-state index in [2.05, 4.69) is 15.2 Å². The lowest BCUT2D eigenvalue weighted by atomic mass is 10.1. The van der Waals surface area contributed by atoms with E-state index in [4.69, 9.17) is 0 Å². The number of aromatic amines is 1. The normalized spacial score (nSPS) is 10.4. The van der Waals surface area contributed by atoms with Gasteiger partial charge in [-0.2, -0.15) is 5.10 Å². The molecule has 2 rings (SSSR count). The summed E-state index contributed by atoms with van der Waals surface area (Å²) in [7, 11) is 1.63. The highest BCUT2D eigenvalue weighted by Crippen LogP contribution is 2.19. The summed E-state index contributed by atoms with van der Waals surface area (Å²) in [5.74, 6) is 0.953. The minimum atomic E-state index is -0.469. The molecular formula is C13H15N5O3. The van der Waals surface area contributed by atoms with Gasteiger partial charge in [-0.05, 0) is 26.0 Å². The van der Waals surface area contributed by atoms with Crippen molar-refractivity contribution >= 4 is 11.6 Å². The van der Waals surface area contributed by atoms with Crippen LogP contribution in [0, 0.1) is 24.0 Å². The molecule has 0 radical (unpaired) electrons. The number of rotatable bonds is 4. The number of nitrogens with one attached hydrogen (secondary N) is 1. The van der Waals surface area contributed by atoms with Crippen LogP contribution in [0.4, 0.5) is 5.69 Å². The van der Waals surface area contributed by atoms with Crippen LogP contribution in [-0.4, -0.2) is 38.0 Å². The molecule has 0 atom stereocenters. The number of aromatic nitrogens is 3. The Hall–Kier alpha value is -2.77. The fourth-order valence-corrected chi connectivity index (χ4v) is 1.96. The molecule has 2 aromatic rings. The smallest absolute Gasteiger partial charge is 0.272 e. The number of benzene rings is 1. The van der Waals surface area contributed by atoms with Crippen molar-refractivity contribution in [2.75, 3.05) is 7.05 Å². The Kier molecular flexibility index (Phi) is 3.97. The van der Waals surface area contributed by atoms with Gasteiger partial charge < -0.3 is 4.90 Å². The van der Waals surface area contributed by atoms with E-state index in [-0.39, 0.29) is 18.1 Å². The predicted octanol–water partition coefficient (Wildman–Crippen LogP) is 1.60. The highest BCUT2D eigenvalue weighted by molar-refractivity contribution is 5.94. The molecule has 1 aromatic carbocycles. The molecule has 0 aliphatic heterocycles. The molecule has 1 amide bonds. The number of hydrogen-bond acceptors (Lipinski definition) is 5. The summed E-state index contributed by atoms with van der Waals surface area (Å²) in [6.45, 7) is 3.64. The molecule has 1 N–H and O–H groups in total. The first-order valence-corrected chi connectivity index (χ1v) is 6.27. The average molecular weight is 289 g/mol. The summed E-state index contributed by atoms with van der Waals surface area (Å²) in [6.07, 6.45) is 0. The Morgan fingerprint density at radius 3 is 2.67 bits per heavy atom. The summed E-state index contributed by atoms with van der Waals surface area (Å²) in [5.41, 5.74) is 0.847. The quantitative estimate of drug-likeness (QED) is 0.680. The second-order valence-electron chi connectivity index (χ2n) is 4.76. The zero-order valence-corrected chi connectivity index (χ0v) is 12.0. The minimum absolute atomic E-state index is 0.00112. The molecule has 8 heteroatoms. The van der Waals surface area contributed by atoms with E-state index in [9.17, 15) is 14.9 Å². The molecule has 0 saturated carbocycles. The van der Waals surface area contributed by atoms with Crippen LogP contribution in [0.5, 0.6) is 0 Å². The molecule has 21 heavy (non-hydrogen) atoms. The van der Waals surface area contributed by atoms with Crippen molar-refractivity contribution in [1.29, 1.82) is 0 Å². The third kappa shape index (κ3) is 3.22. The Labute approximate surface area is 121 Å². The van der Waals surface area contributed by atoms with Gasteiger partial charge in [0.15, 0.2) is 5.82 Å². The topological polar surface area (TPSA) is 105 Å². The van der Waals surface area contributed by atoms with Gasteiger partial charge in [0.2, 0.25) is 0 Å². The van der Waals surface area contributed by atoms with Crippen molar-refractivity contribution in [3.05, 3.63) is 51.1 Å². The number of nitro groups is 1. The van der Waals surface area contributed by atoms with Gasteiger partial charge in [-0.25, -0.2) is 4.98 Å². The highest BCUT2D eigenvalue weighted by atomic mass is 16.6. The van der Waals surface area contributed by atoms with E-state index in [0.29, 0.717) is 22.8 Å². The van der Waals surface area contributed by atoms with Gasteiger partial charge in [-0.1, -0.05) is 0 Å². The van der Waals surface area contributed by atoms with E-state index >= 15 is 0 Å². The monoisotopic (exact) mass is 289 g/mol. The van der Waals surface area contributed by atoms with E-state index in [0.717, 1.165) is 0 Å². The molecule has 8 nitrogen and oxygen atoms in total. The highest BCUT2D eigenvalue weighted by Gasteiger charge is 2.17. The Morgan fingerprint density at radius 1 is 1.43 bits per heavy atom. The molecule has 1 aromatic heterocycles. The van der Waals surface area contributed by atoms with Crippen molar-refractivity contribution in [2.24, 2.45) is 0 Å². The summed E-state index contributed by atoms with van der Waals surface area (Å²) >= 11 is 0. The lowest BCUT2D eigenvalue weighted by Crippen LogP contribution is -2.26. The van der Waals surface area contributed by atoms with Crippen LogP contribution in [0.25, 0.3) is 0 Å². The minimum Gasteiger partial charge on any atom is -0.334 e. The molecule has 1 heterocycles. The van der Waals surface area contributed by atoms with Gasteiger partial charge in [0.25, 0.3) is 11.6 Å². The molecule has 0 saturated heterocycles. The fourth-order valence-electron chi connectivity index (χ4n) is 1.96. The van der Waals surface area contributed by atoms with Crippen LogP contribution in [0.3, 0.4) is 0 Å². The maximum Gasteiger partial charge on any atom is 0.272 e. The van der Waals surface area contributed by atoms with E-state index < -0.39 is 4.92 Å². The molecule has 0 bridgehead atoms. The van der Waals surface area contributed by atoms with Gasteiger partial charge in [0.1, 0.15) is 5.82 Å². The van der Waals surface area contributed by atoms with Gasteiger partial charge in [-0.15, -0.1) is 0 Å². The van der Waals surface area contributed by atoms with Gasteiger partial charge in [0.05, 0.1) is 11.5 Å². The van der Waals surface area contributed by atoms with Crippen molar-refractivity contribution in [1.82, 2.24) is 20.1 Å². The first-order chi connectivity index (χ1) is 9.88. The van der Waals surface area contributed by atoms with E-state index in [1.807, 2.05) is 0 Å². The molecule has 110 valence electrons. The van der Waals surface area contributed by atoms with Crippen LogP contribution in [0.2, 0.25) is 0 Å². The SMILES string of the molecule is Cc1nc(CN(C)C(=O)c2ccc([N+](=O)[O-])c(C)c2)n[nH]1. The summed E-state index contributed by atoms with van der Waals surface area (Å²) in [4.78, 5) is 28.2. The summed E-state index contributed by atoms with van der Waals surface area (Å²) in [5, 5.41) is 17.4. The molecule has 0 aliphatic carbocycles. The first-order valence-electron chi connectivity index (χ1n) is 6.27. The third-order valence-corrected chi connectivity index (χ3v) is 3.01. The van der Waals surface area contributed by atoms with Crippen LogP contribution < -0.4 is 0 Å². The molecular weight excluding hydrogens is 274 g/mol. The van der Waals surface area contributed by atoms with Crippen LogP contribution in [-0.2, 0) is 6.54 Å². The van der Waals surface area contributed by atoms with Crippen molar-refractivity contribution in [2.45, 2.75) is 20.4 Å². The zero-order valence-electron chi connectivity index (χ0n) is 12.0. The molecule has 0 unspecified atom stereocenters. The number of carbonyl (C=O) groups excluding carboxylic acids is 1. The number of hydrogen-bond donors (Lipinski definition) is 1. The second-order valence-corrected chi connectivity index (χ2v) is 4.76.